The summed E-state index contributed by atoms with van der Waals surface area (Å²) in [6, 6.07) is 6.09. The van der Waals surface area contributed by atoms with Gasteiger partial charge in [-0.25, -0.2) is 0 Å². The lowest BCUT2D eigenvalue weighted by molar-refractivity contribution is -0.127. The van der Waals surface area contributed by atoms with Crippen molar-refractivity contribution in [3.8, 4) is 0 Å². The van der Waals surface area contributed by atoms with Gasteiger partial charge in [0.1, 0.15) is 5.78 Å². The number of carbonyl (C=O) groups is 2. The number of hydrogen-bond donors (Lipinski definition) is 1. The predicted octanol–water partition coefficient (Wildman–Crippen LogP) is 1.90. The van der Waals surface area contributed by atoms with E-state index in [1.165, 1.54) is 12.5 Å². The smallest absolute Gasteiger partial charge is 0.227 e. The number of nitrogens with one attached hydrogen (secondary N) is 1. The Balaban J connectivity index is 2.54. The first-order valence-corrected chi connectivity index (χ1v) is 5.31. The number of benzene rings is 1. The molecule has 0 fully saturated rings. The largest absolute Gasteiger partial charge is 0.352 e. The van der Waals surface area contributed by atoms with Crippen LogP contribution in [0.1, 0.15) is 30.0 Å². The van der Waals surface area contributed by atoms with Crippen LogP contribution >= 0.6 is 0 Å². The van der Waals surface area contributed by atoms with Crippen LogP contribution < -0.4 is 5.32 Å². The molecule has 0 unspecified atom stereocenters. The van der Waals surface area contributed by atoms with E-state index in [1.54, 1.807) is 0 Å². The normalized spacial score (nSPS) is 9.94. The van der Waals surface area contributed by atoms with Crippen molar-refractivity contribution in [3.63, 3.8) is 0 Å². The fourth-order valence-corrected chi connectivity index (χ4v) is 1.53. The third kappa shape index (κ3) is 3.85. The lowest BCUT2D eigenvalue weighted by Gasteiger charge is -2.08. The second-order valence-electron chi connectivity index (χ2n) is 4.09. The van der Waals surface area contributed by atoms with Crippen LogP contribution in [0, 0.1) is 13.8 Å². The summed E-state index contributed by atoms with van der Waals surface area (Å²) in [7, 11) is 0. The van der Waals surface area contributed by atoms with Crippen LogP contribution in [0.4, 0.5) is 0 Å². The fourth-order valence-electron chi connectivity index (χ4n) is 1.53. The van der Waals surface area contributed by atoms with E-state index in [0.29, 0.717) is 6.54 Å². The van der Waals surface area contributed by atoms with Gasteiger partial charge in [0.25, 0.3) is 0 Å². The second kappa shape index (κ2) is 5.45. The van der Waals surface area contributed by atoms with Gasteiger partial charge in [-0.3, -0.25) is 9.59 Å². The maximum absolute atomic E-state index is 11.3. The molecule has 0 aliphatic heterocycles. The summed E-state index contributed by atoms with van der Waals surface area (Å²) in [5.41, 5.74) is 3.45. The quantitative estimate of drug-likeness (QED) is 0.786. The van der Waals surface area contributed by atoms with E-state index in [9.17, 15) is 9.59 Å². The monoisotopic (exact) mass is 219 g/mol. The van der Waals surface area contributed by atoms with E-state index in [4.69, 9.17) is 0 Å². The van der Waals surface area contributed by atoms with Gasteiger partial charge in [-0.1, -0.05) is 23.8 Å². The molecule has 1 amide bonds. The van der Waals surface area contributed by atoms with Crippen LogP contribution in [0.15, 0.2) is 18.2 Å². The molecule has 0 saturated heterocycles. The summed E-state index contributed by atoms with van der Waals surface area (Å²) in [6.07, 6.45) is -0.0368. The topological polar surface area (TPSA) is 46.2 Å². The van der Waals surface area contributed by atoms with Gasteiger partial charge < -0.3 is 5.32 Å². The molecule has 0 bridgehead atoms. The molecule has 0 radical (unpaired) electrons. The van der Waals surface area contributed by atoms with Crippen molar-refractivity contribution in [2.45, 2.75) is 33.7 Å². The molecule has 0 aliphatic rings. The molecular formula is C13H17NO2. The molecule has 0 spiro atoms. The summed E-state index contributed by atoms with van der Waals surface area (Å²) in [6.45, 7) is 5.94. The molecule has 1 N–H and O–H groups in total. The highest BCUT2D eigenvalue weighted by Gasteiger charge is 2.05. The maximum Gasteiger partial charge on any atom is 0.227 e. The zero-order valence-corrected chi connectivity index (χ0v) is 9.96. The maximum atomic E-state index is 11.3. The van der Waals surface area contributed by atoms with Gasteiger partial charge in [-0.2, -0.15) is 0 Å². The predicted molar refractivity (Wildman–Crippen MR) is 63.1 cm³/mol. The van der Waals surface area contributed by atoms with Crippen molar-refractivity contribution in [1.82, 2.24) is 5.32 Å². The SMILES string of the molecule is CC(=O)CC(=O)NCc1ccc(C)cc1C. The van der Waals surface area contributed by atoms with Crippen LogP contribution in [0.3, 0.4) is 0 Å². The van der Waals surface area contributed by atoms with E-state index < -0.39 is 0 Å². The molecule has 3 heteroatoms. The number of carbonyl (C=O) groups excluding carboxylic acids is 2. The molecule has 0 heterocycles. The van der Waals surface area contributed by atoms with Gasteiger partial charge >= 0.3 is 0 Å². The van der Waals surface area contributed by atoms with Crippen molar-refractivity contribution in [3.05, 3.63) is 34.9 Å². The summed E-state index contributed by atoms with van der Waals surface area (Å²) in [4.78, 5) is 22.0. The Morgan fingerprint density at radius 1 is 1.25 bits per heavy atom. The third-order valence-electron chi connectivity index (χ3n) is 2.38. The summed E-state index contributed by atoms with van der Waals surface area (Å²) in [5, 5.41) is 2.73. The number of aryl methyl sites for hydroxylation is 2. The first-order valence-electron chi connectivity index (χ1n) is 5.31. The van der Waals surface area contributed by atoms with Gasteiger partial charge in [-0.05, 0) is 31.9 Å². The minimum absolute atomic E-state index is 0.0368. The van der Waals surface area contributed by atoms with Crippen LogP contribution in [-0.4, -0.2) is 11.7 Å². The Labute approximate surface area is 95.9 Å². The minimum Gasteiger partial charge on any atom is -0.352 e. The second-order valence-corrected chi connectivity index (χ2v) is 4.09. The van der Waals surface area contributed by atoms with Crippen LogP contribution in [0.5, 0.6) is 0 Å². The van der Waals surface area contributed by atoms with Crippen molar-refractivity contribution < 1.29 is 9.59 Å². The highest BCUT2D eigenvalue weighted by atomic mass is 16.2. The summed E-state index contributed by atoms with van der Waals surface area (Å²) >= 11 is 0. The molecule has 0 saturated carbocycles. The highest BCUT2D eigenvalue weighted by molar-refractivity contribution is 5.96. The van der Waals surface area contributed by atoms with E-state index in [1.807, 2.05) is 26.0 Å². The lowest BCUT2D eigenvalue weighted by Crippen LogP contribution is -2.24. The standard InChI is InChI=1S/C13H17NO2/c1-9-4-5-12(10(2)6-9)8-14-13(16)7-11(3)15/h4-6H,7-8H2,1-3H3,(H,14,16). The number of ketones is 1. The zero-order valence-electron chi connectivity index (χ0n) is 9.96. The van der Waals surface area contributed by atoms with Crippen molar-refractivity contribution in [1.29, 1.82) is 0 Å². The van der Waals surface area contributed by atoms with Crippen LogP contribution in [0.2, 0.25) is 0 Å². The molecule has 1 aromatic carbocycles. The number of hydrogen-bond acceptors (Lipinski definition) is 2. The first kappa shape index (κ1) is 12.4. The van der Waals surface area contributed by atoms with E-state index in [2.05, 4.69) is 11.4 Å². The molecule has 0 aliphatic carbocycles. The minimum atomic E-state index is -0.215. The number of Topliss-reactive ketones (excluding diaryl/α,β-unsaturated/α-hetero) is 1. The molecule has 1 aromatic rings. The Hall–Kier alpha value is -1.64. The molecular weight excluding hydrogens is 202 g/mol. The molecule has 1 rings (SSSR count). The first-order chi connectivity index (χ1) is 7.49. The van der Waals surface area contributed by atoms with Gasteiger partial charge in [0.2, 0.25) is 5.91 Å². The Morgan fingerprint density at radius 3 is 2.50 bits per heavy atom. The van der Waals surface area contributed by atoms with E-state index >= 15 is 0 Å². The zero-order chi connectivity index (χ0) is 12.1. The van der Waals surface area contributed by atoms with Gasteiger partial charge in [0.15, 0.2) is 0 Å². The molecule has 16 heavy (non-hydrogen) atoms. The average molecular weight is 219 g/mol. The molecule has 3 nitrogen and oxygen atoms in total. The summed E-state index contributed by atoms with van der Waals surface area (Å²) in [5.74, 6) is -0.328. The fraction of sp³-hybridized carbons (Fsp3) is 0.385. The van der Waals surface area contributed by atoms with Crippen molar-refractivity contribution in [2.75, 3.05) is 0 Å². The van der Waals surface area contributed by atoms with Crippen LogP contribution in [-0.2, 0) is 16.1 Å². The van der Waals surface area contributed by atoms with Crippen molar-refractivity contribution >= 4 is 11.7 Å². The molecule has 0 aromatic heterocycles. The highest BCUT2D eigenvalue weighted by Crippen LogP contribution is 2.09. The third-order valence-corrected chi connectivity index (χ3v) is 2.38. The average Bonchev–Trinajstić information content (AvgIpc) is 2.15. The number of rotatable bonds is 4. The van der Waals surface area contributed by atoms with Gasteiger partial charge in [0.05, 0.1) is 6.42 Å². The van der Waals surface area contributed by atoms with Crippen LogP contribution in [0.25, 0.3) is 0 Å². The molecule has 86 valence electrons. The Kier molecular flexibility index (Phi) is 4.23. The Morgan fingerprint density at radius 2 is 1.94 bits per heavy atom. The number of amides is 1. The van der Waals surface area contributed by atoms with Gasteiger partial charge in [0, 0.05) is 6.54 Å². The Bertz CT molecular complexity index is 410. The van der Waals surface area contributed by atoms with E-state index in [-0.39, 0.29) is 18.1 Å². The lowest BCUT2D eigenvalue weighted by atomic mass is 10.1. The van der Waals surface area contributed by atoms with E-state index in [0.717, 1.165) is 11.1 Å². The van der Waals surface area contributed by atoms with Gasteiger partial charge in [-0.15, -0.1) is 0 Å². The van der Waals surface area contributed by atoms with Crippen molar-refractivity contribution in [2.24, 2.45) is 0 Å². The summed E-state index contributed by atoms with van der Waals surface area (Å²) < 4.78 is 0. The molecule has 0 atom stereocenters.